The number of anilines is 1. The Kier molecular flexibility index (Phi) is 5.12. The van der Waals surface area contributed by atoms with Gasteiger partial charge in [-0.25, -0.2) is 0 Å². The number of benzene rings is 1. The highest BCUT2D eigenvalue weighted by atomic mass is 35.5. The number of hydrogen-bond acceptors (Lipinski definition) is 2. The zero-order chi connectivity index (χ0) is 13.8. The van der Waals surface area contributed by atoms with Crippen molar-refractivity contribution in [3.8, 4) is 0 Å². The van der Waals surface area contributed by atoms with Crippen molar-refractivity contribution >= 4 is 17.3 Å². The third kappa shape index (κ3) is 3.87. The van der Waals surface area contributed by atoms with Crippen molar-refractivity contribution in [1.29, 1.82) is 0 Å². The lowest BCUT2D eigenvalue weighted by molar-refractivity contribution is 0.569. The van der Waals surface area contributed by atoms with Crippen LogP contribution >= 0.6 is 11.6 Å². The highest BCUT2D eigenvalue weighted by molar-refractivity contribution is 6.31. The van der Waals surface area contributed by atoms with E-state index in [-0.39, 0.29) is 0 Å². The zero-order valence-electron chi connectivity index (χ0n) is 12.2. The summed E-state index contributed by atoms with van der Waals surface area (Å²) in [6.07, 6.45) is 2.59. The molecule has 0 spiro atoms. The molecule has 1 fully saturated rings. The minimum absolute atomic E-state index is 0.486. The van der Waals surface area contributed by atoms with E-state index >= 15 is 0 Å². The molecular weight excluding hydrogens is 256 g/mol. The van der Waals surface area contributed by atoms with E-state index in [1.165, 1.54) is 37.2 Å². The molecule has 0 radical (unpaired) electrons. The fraction of sp³-hybridized carbons (Fsp3) is 0.625. The van der Waals surface area contributed by atoms with Crippen LogP contribution in [-0.4, -0.2) is 19.1 Å². The van der Waals surface area contributed by atoms with Gasteiger partial charge in [-0.15, -0.1) is 0 Å². The molecule has 3 heteroatoms. The van der Waals surface area contributed by atoms with E-state index in [9.17, 15) is 0 Å². The maximum absolute atomic E-state index is 6.39. The molecule has 2 rings (SSSR count). The van der Waals surface area contributed by atoms with Gasteiger partial charge in [0.25, 0.3) is 0 Å². The summed E-state index contributed by atoms with van der Waals surface area (Å²) in [5.74, 6) is 0.848. The third-order valence-electron chi connectivity index (χ3n) is 3.97. The van der Waals surface area contributed by atoms with Crippen LogP contribution in [0.15, 0.2) is 18.2 Å². The van der Waals surface area contributed by atoms with E-state index in [4.69, 9.17) is 11.6 Å². The molecule has 1 saturated heterocycles. The Morgan fingerprint density at radius 2 is 2.21 bits per heavy atom. The Balaban J connectivity index is 2.02. The average Bonchev–Trinajstić information content (AvgIpc) is 2.85. The fourth-order valence-electron chi connectivity index (χ4n) is 2.59. The van der Waals surface area contributed by atoms with Crippen LogP contribution in [0.3, 0.4) is 0 Å². The van der Waals surface area contributed by atoms with E-state index in [2.05, 4.69) is 49.2 Å². The summed E-state index contributed by atoms with van der Waals surface area (Å²) in [5.41, 5.74) is 2.46. The Bertz CT molecular complexity index is 417. The summed E-state index contributed by atoms with van der Waals surface area (Å²) in [4.78, 5) is 2.46. The molecule has 1 N–H and O–H groups in total. The summed E-state index contributed by atoms with van der Waals surface area (Å²) >= 11 is 6.39. The largest absolute Gasteiger partial charge is 0.371 e. The lowest BCUT2D eigenvalue weighted by Gasteiger charge is -2.20. The first-order chi connectivity index (χ1) is 9.10. The van der Waals surface area contributed by atoms with Crippen LogP contribution < -0.4 is 10.2 Å². The fourth-order valence-corrected chi connectivity index (χ4v) is 2.83. The van der Waals surface area contributed by atoms with E-state index < -0.39 is 0 Å². The Hall–Kier alpha value is -0.730. The second-order valence-electron chi connectivity index (χ2n) is 5.82. The standard InChI is InChI=1S/C16H25ClN2/c1-4-13-7-8-19(11-13)15-6-5-14(16(17)9-15)10-18-12(2)3/h5-6,9,12-13,18H,4,7-8,10-11H2,1-3H3. The molecule has 0 saturated carbocycles. The van der Waals surface area contributed by atoms with Crippen LogP contribution in [0.25, 0.3) is 0 Å². The molecular formula is C16H25ClN2. The molecule has 1 aromatic carbocycles. The summed E-state index contributed by atoms with van der Waals surface area (Å²) in [5, 5.41) is 4.29. The van der Waals surface area contributed by atoms with Gasteiger partial charge in [0.1, 0.15) is 0 Å². The molecule has 0 aromatic heterocycles. The van der Waals surface area contributed by atoms with Gasteiger partial charge < -0.3 is 10.2 Å². The van der Waals surface area contributed by atoms with Gasteiger partial charge in [0.2, 0.25) is 0 Å². The number of nitrogens with one attached hydrogen (secondary N) is 1. The quantitative estimate of drug-likeness (QED) is 0.874. The van der Waals surface area contributed by atoms with Crippen LogP contribution in [-0.2, 0) is 6.54 Å². The van der Waals surface area contributed by atoms with E-state index in [1.807, 2.05) is 0 Å². The first kappa shape index (κ1) is 14.7. The first-order valence-electron chi connectivity index (χ1n) is 7.37. The summed E-state index contributed by atoms with van der Waals surface area (Å²) in [7, 11) is 0. The monoisotopic (exact) mass is 280 g/mol. The van der Waals surface area contributed by atoms with Gasteiger partial charge >= 0.3 is 0 Å². The van der Waals surface area contributed by atoms with Crippen molar-refractivity contribution in [3.05, 3.63) is 28.8 Å². The van der Waals surface area contributed by atoms with Crippen molar-refractivity contribution in [2.75, 3.05) is 18.0 Å². The molecule has 106 valence electrons. The minimum atomic E-state index is 0.486. The normalized spacial score (nSPS) is 19.4. The molecule has 1 aliphatic heterocycles. The highest BCUT2D eigenvalue weighted by Gasteiger charge is 2.21. The predicted molar refractivity (Wildman–Crippen MR) is 84.0 cm³/mol. The van der Waals surface area contributed by atoms with E-state index in [1.54, 1.807) is 0 Å². The summed E-state index contributed by atoms with van der Waals surface area (Å²) in [6.45, 7) is 9.76. The van der Waals surface area contributed by atoms with E-state index in [0.717, 1.165) is 17.5 Å². The predicted octanol–water partition coefficient (Wildman–Crippen LogP) is 4.07. The molecule has 0 aliphatic carbocycles. The Morgan fingerprint density at radius 3 is 2.79 bits per heavy atom. The summed E-state index contributed by atoms with van der Waals surface area (Å²) in [6, 6.07) is 6.98. The van der Waals surface area contributed by atoms with Gasteiger partial charge in [-0.2, -0.15) is 0 Å². The molecule has 1 aromatic rings. The van der Waals surface area contributed by atoms with Crippen LogP contribution in [0.2, 0.25) is 5.02 Å². The number of hydrogen-bond donors (Lipinski definition) is 1. The van der Waals surface area contributed by atoms with Gasteiger partial charge in [-0.3, -0.25) is 0 Å². The van der Waals surface area contributed by atoms with Crippen molar-refractivity contribution in [2.45, 2.75) is 46.2 Å². The second-order valence-corrected chi connectivity index (χ2v) is 6.23. The lowest BCUT2D eigenvalue weighted by Crippen LogP contribution is -2.22. The maximum Gasteiger partial charge on any atom is 0.0471 e. The van der Waals surface area contributed by atoms with Crippen molar-refractivity contribution in [2.24, 2.45) is 5.92 Å². The molecule has 1 atom stereocenters. The van der Waals surface area contributed by atoms with Crippen molar-refractivity contribution in [1.82, 2.24) is 5.32 Å². The molecule has 19 heavy (non-hydrogen) atoms. The topological polar surface area (TPSA) is 15.3 Å². The number of rotatable bonds is 5. The van der Waals surface area contributed by atoms with Gasteiger partial charge in [-0.05, 0) is 30.0 Å². The van der Waals surface area contributed by atoms with Crippen molar-refractivity contribution < 1.29 is 0 Å². The van der Waals surface area contributed by atoms with Gasteiger partial charge in [0.05, 0.1) is 0 Å². The maximum atomic E-state index is 6.39. The van der Waals surface area contributed by atoms with Crippen LogP contribution in [0, 0.1) is 5.92 Å². The molecule has 0 bridgehead atoms. The lowest BCUT2D eigenvalue weighted by atomic mass is 10.1. The Morgan fingerprint density at radius 1 is 1.42 bits per heavy atom. The summed E-state index contributed by atoms with van der Waals surface area (Å²) < 4.78 is 0. The van der Waals surface area contributed by atoms with Crippen LogP contribution in [0.4, 0.5) is 5.69 Å². The third-order valence-corrected chi connectivity index (χ3v) is 4.32. The first-order valence-corrected chi connectivity index (χ1v) is 7.74. The van der Waals surface area contributed by atoms with Gasteiger partial charge in [-0.1, -0.05) is 44.9 Å². The second kappa shape index (κ2) is 6.62. The van der Waals surface area contributed by atoms with Crippen LogP contribution in [0.5, 0.6) is 0 Å². The molecule has 2 nitrogen and oxygen atoms in total. The SMILES string of the molecule is CCC1CCN(c2ccc(CNC(C)C)c(Cl)c2)C1. The molecule has 1 unspecified atom stereocenters. The highest BCUT2D eigenvalue weighted by Crippen LogP contribution is 2.29. The molecule has 0 amide bonds. The van der Waals surface area contributed by atoms with Gasteiger partial charge in [0, 0.05) is 36.4 Å². The minimum Gasteiger partial charge on any atom is -0.371 e. The zero-order valence-corrected chi connectivity index (χ0v) is 13.0. The number of halogens is 1. The smallest absolute Gasteiger partial charge is 0.0471 e. The van der Waals surface area contributed by atoms with E-state index in [0.29, 0.717) is 6.04 Å². The number of nitrogens with zero attached hydrogens (tertiary/aromatic N) is 1. The average molecular weight is 281 g/mol. The van der Waals surface area contributed by atoms with Crippen molar-refractivity contribution in [3.63, 3.8) is 0 Å². The molecule has 1 aliphatic rings. The Labute approximate surface area is 122 Å². The van der Waals surface area contributed by atoms with Crippen LogP contribution in [0.1, 0.15) is 39.2 Å². The van der Waals surface area contributed by atoms with Gasteiger partial charge in [0.15, 0.2) is 0 Å². The molecule has 1 heterocycles.